The van der Waals surface area contributed by atoms with Gasteiger partial charge in [0.25, 0.3) is 0 Å². The number of rotatable bonds is 8. The van der Waals surface area contributed by atoms with Gasteiger partial charge in [-0.05, 0) is 50.1 Å². The lowest BCUT2D eigenvalue weighted by Crippen LogP contribution is -2.15. The Kier molecular flexibility index (Phi) is 6.99. The summed E-state index contributed by atoms with van der Waals surface area (Å²) in [6.07, 6.45) is -0.278. The smallest absolute Gasteiger partial charge is 0.234 e. The Morgan fingerprint density at radius 1 is 1.13 bits per heavy atom. The zero-order valence-electron chi connectivity index (χ0n) is 17.8. The molecule has 8 heteroatoms. The van der Waals surface area contributed by atoms with Crippen molar-refractivity contribution in [3.8, 4) is 11.5 Å². The molecule has 0 radical (unpaired) electrons. The Hall–Kier alpha value is -3.00. The normalized spacial score (nSPS) is 11.8. The number of amides is 1. The van der Waals surface area contributed by atoms with E-state index in [0.29, 0.717) is 22.4 Å². The Morgan fingerprint density at radius 3 is 2.63 bits per heavy atom. The summed E-state index contributed by atoms with van der Waals surface area (Å²) in [6, 6.07) is 13.3. The molecule has 0 aliphatic rings. The molecule has 0 fully saturated rings. The van der Waals surface area contributed by atoms with Crippen LogP contribution in [0.4, 0.5) is 5.69 Å². The van der Waals surface area contributed by atoms with E-state index in [-0.39, 0.29) is 17.8 Å². The van der Waals surface area contributed by atoms with Crippen molar-refractivity contribution < 1.29 is 14.3 Å². The van der Waals surface area contributed by atoms with Gasteiger partial charge in [0, 0.05) is 7.05 Å². The lowest BCUT2D eigenvalue weighted by Gasteiger charge is -2.17. The van der Waals surface area contributed by atoms with Gasteiger partial charge >= 0.3 is 0 Å². The van der Waals surface area contributed by atoms with Gasteiger partial charge < -0.3 is 19.4 Å². The first-order valence-corrected chi connectivity index (χ1v) is 10.6. The molecule has 1 unspecified atom stereocenters. The van der Waals surface area contributed by atoms with Crippen LogP contribution in [0.2, 0.25) is 0 Å². The molecular weight excluding hydrogens is 400 g/mol. The summed E-state index contributed by atoms with van der Waals surface area (Å²) < 4.78 is 13.2. The molecule has 2 aromatic carbocycles. The van der Waals surface area contributed by atoms with Crippen LogP contribution in [0, 0.1) is 13.8 Å². The quantitative estimate of drug-likeness (QED) is 0.541. The summed E-state index contributed by atoms with van der Waals surface area (Å²) in [6.45, 7) is 6.03. The van der Waals surface area contributed by atoms with Gasteiger partial charge in [0.2, 0.25) is 5.91 Å². The second-order valence-electron chi connectivity index (χ2n) is 6.90. The van der Waals surface area contributed by atoms with E-state index in [1.807, 2.05) is 49.7 Å². The van der Waals surface area contributed by atoms with Crippen LogP contribution in [0.5, 0.6) is 11.5 Å². The van der Waals surface area contributed by atoms with Crippen LogP contribution < -0.4 is 14.8 Å². The van der Waals surface area contributed by atoms with Crippen molar-refractivity contribution in [3.63, 3.8) is 0 Å². The first kappa shape index (κ1) is 21.7. The van der Waals surface area contributed by atoms with E-state index >= 15 is 0 Å². The van der Waals surface area contributed by atoms with Gasteiger partial charge in [-0.25, -0.2) is 0 Å². The van der Waals surface area contributed by atoms with Gasteiger partial charge in [0.05, 0.1) is 18.6 Å². The van der Waals surface area contributed by atoms with Crippen molar-refractivity contribution in [2.45, 2.75) is 32.0 Å². The van der Waals surface area contributed by atoms with E-state index in [4.69, 9.17) is 9.47 Å². The second-order valence-corrected chi connectivity index (χ2v) is 7.84. The number of nitrogens with one attached hydrogen (secondary N) is 1. The van der Waals surface area contributed by atoms with Crippen molar-refractivity contribution in [2.75, 3.05) is 18.2 Å². The number of thioether (sulfide) groups is 1. The van der Waals surface area contributed by atoms with Gasteiger partial charge in [-0.1, -0.05) is 36.0 Å². The number of ether oxygens (including phenoxy) is 2. The molecule has 3 aromatic rings. The number of hydrogen-bond acceptors (Lipinski definition) is 6. The molecule has 1 aromatic heterocycles. The number of benzene rings is 2. The summed E-state index contributed by atoms with van der Waals surface area (Å²) in [5.74, 6) is 2.21. The Bertz CT molecular complexity index is 1030. The molecule has 30 heavy (non-hydrogen) atoms. The third-order valence-corrected chi connectivity index (χ3v) is 5.82. The van der Waals surface area contributed by atoms with E-state index < -0.39 is 0 Å². The number of para-hydroxylation sites is 2. The van der Waals surface area contributed by atoms with Crippen LogP contribution in [0.1, 0.15) is 30.0 Å². The maximum atomic E-state index is 12.3. The van der Waals surface area contributed by atoms with E-state index in [1.54, 1.807) is 19.2 Å². The first-order chi connectivity index (χ1) is 14.4. The Labute approximate surface area is 180 Å². The number of nitrogens with zero attached hydrogens (tertiary/aromatic N) is 3. The maximum Gasteiger partial charge on any atom is 0.234 e. The summed E-state index contributed by atoms with van der Waals surface area (Å²) in [5.41, 5.74) is 2.92. The fraction of sp³-hybridized carbons (Fsp3) is 0.318. The molecule has 7 nitrogen and oxygen atoms in total. The summed E-state index contributed by atoms with van der Waals surface area (Å²) in [4.78, 5) is 12.3. The van der Waals surface area contributed by atoms with Crippen LogP contribution >= 0.6 is 11.8 Å². The molecule has 1 N–H and O–H groups in total. The van der Waals surface area contributed by atoms with Crippen molar-refractivity contribution in [2.24, 2.45) is 7.05 Å². The molecule has 0 aliphatic carbocycles. The van der Waals surface area contributed by atoms with E-state index in [0.717, 1.165) is 11.3 Å². The summed E-state index contributed by atoms with van der Waals surface area (Å²) in [7, 11) is 3.45. The molecule has 0 saturated heterocycles. The van der Waals surface area contributed by atoms with E-state index in [2.05, 4.69) is 28.5 Å². The number of methoxy groups -OCH3 is 1. The minimum absolute atomic E-state index is 0.145. The molecule has 3 rings (SSSR count). The fourth-order valence-electron chi connectivity index (χ4n) is 2.97. The molecule has 0 saturated carbocycles. The maximum absolute atomic E-state index is 12.3. The van der Waals surface area contributed by atoms with Crippen LogP contribution in [0.15, 0.2) is 47.6 Å². The predicted molar refractivity (Wildman–Crippen MR) is 118 cm³/mol. The zero-order valence-corrected chi connectivity index (χ0v) is 18.6. The van der Waals surface area contributed by atoms with Crippen molar-refractivity contribution in [1.29, 1.82) is 0 Å². The van der Waals surface area contributed by atoms with E-state index in [1.165, 1.54) is 17.3 Å². The average Bonchev–Trinajstić information content (AvgIpc) is 3.10. The highest BCUT2D eigenvalue weighted by Gasteiger charge is 2.19. The summed E-state index contributed by atoms with van der Waals surface area (Å²) in [5, 5.41) is 12.0. The summed E-state index contributed by atoms with van der Waals surface area (Å²) >= 11 is 1.32. The first-order valence-electron chi connectivity index (χ1n) is 9.58. The highest BCUT2D eigenvalue weighted by Crippen LogP contribution is 2.28. The Balaban J connectivity index is 1.62. The number of anilines is 1. The van der Waals surface area contributed by atoms with Crippen molar-refractivity contribution >= 4 is 23.4 Å². The molecule has 1 amide bonds. The van der Waals surface area contributed by atoms with Gasteiger partial charge in [-0.3, -0.25) is 4.79 Å². The van der Waals surface area contributed by atoms with Gasteiger partial charge in [0.15, 0.2) is 17.1 Å². The van der Waals surface area contributed by atoms with Crippen LogP contribution in [-0.2, 0) is 11.8 Å². The molecule has 158 valence electrons. The monoisotopic (exact) mass is 426 g/mol. The molecule has 0 spiro atoms. The van der Waals surface area contributed by atoms with Crippen LogP contribution in [0.3, 0.4) is 0 Å². The number of aryl methyl sites for hydroxylation is 1. The number of carbonyl (C=O) groups is 1. The number of carbonyl (C=O) groups excluding carboxylic acids is 1. The van der Waals surface area contributed by atoms with Gasteiger partial charge in [-0.15, -0.1) is 10.2 Å². The topological polar surface area (TPSA) is 78.3 Å². The minimum Gasteiger partial charge on any atom is -0.495 e. The predicted octanol–water partition coefficient (Wildman–Crippen LogP) is 4.31. The number of aromatic nitrogens is 3. The van der Waals surface area contributed by atoms with Crippen molar-refractivity contribution in [3.05, 3.63) is 59.4 Å². The highest BCUT2D eigenvalue weighted by molar-refractivity contribution is 7.99. The SMILES string of the molecule is COc1ccccc1NC(=O)CSc1nnc(C(C)Oc2cccc(C)c2C)n1C. The van der Waals surface area contributed by atoms with Gasteiger partial charge in [-0.2, -0.15) is 0 Å². The van der Waals surface area contributed by atoms with Crippen LogP contribution in [0.25, 0.3) is 0 Å². The van der Waals surface area contributed by atoms with E-state index in [9.17, 15) is 4.79 Å². The standard InChI is InChI=1S/C22H26N4O3S/c1-14-9-8-12-18(15(14)2)29-16(3)21-24-25-22(26(21)4)30-13-20(27)23-17-10-6-7-11-19(17)28-5/h6-12,16H,13H2,1-5H3,(H,23,27). The highest BCUT2D eigenvalue weighted by atomic mass is 32.2. The third-order valence-electron chi connectivity index (χ3n) is 4.80. The minimum atomic E-state index is -0.278. The molecule has 0 bridgehead atoms. The lowest BCUT2D eigenvalue weighted by molar-refractivity contribution is -0.113. The zero-order chi connectivity index (χ0) is 21.7. The average molecular weight is 427 g/mol. The van der Waals surface area contributed by atoms with Crippen LogP contribution in [-0.4, -0.2) is 33.5 Å². The largest absolute Gasteiger partial charge is 0.495 e. The number of hydrogen-bond donors (Lipinski definition) is 1. The molecule has 1 atom stereocenters. The van der Waals surface area contributed by atoms with Gasteiger partial charge in [0.1, 0.15) is 11.5 Å². The third kappa shape index (κ3) is 4.94. The molecule has 1 heterocycles. The fourth-order valence-corrected chi connectivity index (χ4v) is 3.68. The Morgan fingerprint density at radius 2 is 1.87 bits per heavy atom. The second kappa shape index (κ2) is 9.67. The van der Waals surface area contributed by atoms with Crippen molar-refractivity contribution in [1.82, 2.24) is 14.8 Å². The molecule has 0 aliphatic heterocycles. The lowest BCUT2D eigenvalue weighted by atomic mass is 10.1. The molecular formula is C22H26N4O3S.